The van der Waals surface area contributed by atoms with E-state index in [1.54, 1.807) is 12.1 Å². The van der Waals surface area contributed by atoms with E-state index < -0.39 is 11.7 Å². The number of hydrogen-bond acceptors (Lipinski definition) is 7. The molecule has 2 unspecified atom stereocenters. The largest absolute Gasteiger partial charge is 0.416 e. The minimum absolute atomic E-state index is 0. The standard InChI is InChI=1S/C19H24F3N3.C8H9F.C5H11NO.C2H6O2.C2H6.2H2/c1-12-18(2,3)24-17(23-12)14-9-16(10-14)25(4)11-13-5-7-15(8-6-13)19(20,21)22;1-2-7-3-5-8(9)6-4-7;7-6-4-5-2-1-3-5;1-3-4-2;1-2;;/h5-8,12,17,23-24H,9,11H2,1-4H3;3-6H,2H2,1H3;5-7H,1-4H2;1-2H3;1-2H3;2*1H. The fourth-order valence-electron chi connectivity index (χ4n) is 4.65. The predicted molar refractivity (Wildman–Crippen MR) is 184 cm³/mol. The highest BCUT2D eigenvalue weighted by Gasteiger charge is 2.39. The zero-order valence-electron chi connectivity index (χ0n) is 29.5. The maximum atomic E-state index is 12.6. The maximum Gasteiger partial charge on any atom is 0.416 e. The van der Waals surface area contributed by atoms with Crippen molar-refractivity contribution in [1.29, 1.82) is 0 Å². The van der Waals surface area contributed by atoms with Gasteiger partial charge in [-0.2, -0.15) is 13.2 Å². The highest BCUT2D eigenvalue weighted by Crippen LogP contribution is 2.31. The molecule has 0 spiro atoms. The lowest BCUT2D eigenvalue weighted by Crippen LogP contribution is -2.43. The second-order valence-corrected chi connectivity index (χ2v) is 12.0. The molecule has 1 saturated heterocycles. The molecule has 1 saturated carbocycles. The van der Waals surface area contributed by atoms with Gasteiger partial charge in [0.1, 0.15) is 5.82 Å². The molecular formula is C36H60F4N4O3. The first-order valence-corrected chi connectivity index (χ1v) is 16.3. The topological polar surface area (TPSA) is 78.0 Å². The fraction of sp³-hybridized carbons (Fsp3) is 0.583. The van der Waals surface area contributed by atoms with Crippen molar-refractivity contribution >= 4 is 0 Å². The van der Waals surface area contributed by atoms with E-state index in [4.69, 9.17) is 5.21 Å². The van der Waals surface area contributed by atoms with E-state index in [1.165, 1.54) is 68.9 Å². The monoisotopic (exact) mass is 672 g/mol. The van der Waals surface area contributed by atoms with Crippen molar-refractivity contribution in [3.8, 4) is 0 Å². The lowest BCUT2D eigenvalue weighted by Gasteiger charge is -2.29. The lowest BCUT2D eigenvalue weighted by molar-refractivity contribution is -0.248. The summed E-state index contributed by atoms with van der Waals surface area (Å²) in [6, 6.07) is 12.3. The van der Waals surface area contributed by atoms with Gasteiger partial charge in [0, 0.05) is 46.6 Å². The second-order valence-electron chi connectivity index (χ2n) is 12.0. The van der Waals surface area contributed by atoms with Crippen molar-refractivity contribution in [3.05, 3.63) is 88.0 Å². The van der Waals surface area contributed by atoms with Crippen molar-refractivity contribution in [3.63, 3.8) is 0 Å². The van der Waals surface area contributed by atoms with Gasteiger partial charge in [0.15, 0.2) is 0 Å². The molecule has 2 aliphatic carbocycles. The summed E-state index contributed by atoms with van der Waals surface area (Å²) in [6.45, 7) is 13.9. The quantitative estimate of drug-likeness (QED) is 0.0970. The average Bonchev–Trinajstić information content (AvgIpc) is 3.27. The molecule has 7 nitrogen and oxygen atoms in total. The fourth-order valence-corrected chi connectivity index (χ4v) is 4.65. The number of aryl methyl sites for hydroxylation is 1. The number of halogens is 4. The summed E-state index contributed by atoms with van der Waals surface area (Å²) >= 11 is 0. The molecule has 2 aromatic rings. The molecule has 2 aromatic carbocycles. The molecular weight excluding hydrogens is 612 g/mol. The van der Waals surface area contributed by atoms with Crippen LogP contribution in [0.4, 0.5) is 17.6 Å². The van der Waals surface area contributed by atoms with E-state index in [0.717, 1.165) is 48.7 Å². The molecule has 1 aliphatic heterocycles. The zero-order valence-corrected chi connectivity index (χ0v) is 29.5. The number of hydroxylamine groups is 1. The van der Waals surface area contributed by atoms with Gasteiger partial charge in [-0.3, -0.25) is 10.6 Å². The van der Waals surface area contributed by atoms with Crippen LogP contribution in [0.1, 0.15) is 86.8 Å². The number of nitrogens with zero attached hydrogens (tertiary/aromatic N) is 1. The van der Waals surface area contributed by atoms with Gasteiger partial charge in [0.25, 0.3) is 0 Å². The van der Waals surface area contributed by atoms with Crippen LogP contribution in [0.25, 0.3) is 0 Å². The third-order valence-corrected chi connectivity index (χ3v) is 8.28. The first-order valence-electron chi connectivity index (χ1n) is 16.3. The highest BCUT2D eigenvalue weighted by atomic mass is 19.4. The van der Waals surface area contributed by atoms with Crippen LogP contribution >= 0.6 is 0 Å². The molecule has 3 aliphatic rings. The van der Waals surface area contributed by atoms with Crippen molar-refractivity contribution in [2.45, 2.75) is 104 Å². The summed E-state index contributed by atoms with van der Waals surface area (Å²) in [6.07, 6.45) is 1.62. The van der Waals surface area contributed by atoms with Crippen LogP contribution in [0.15, 0.2) is 65.5 Å². The molecule has 270 valence electrons. The number of alkyl halides is 3. The van der Waals surface area contributed by atoms with Crippen LogP contribution in [-0.4, -0.2) is 55.7 Å². The number of nitrogens with one attached hydrogen (secondary N) is 3. The molecule has 2 fully saturated rings. The summed E-state index contributed by atoms with van der Waals surface area (Å²) in [5.74, 6) is 0.609. The van der Waals surface area contributed by atoms with Gasteiger partial charge in [0.2, 0.25) is 0 Å². The Labute approximate surface area is 282 Å². The molecule has 1 heterocycles. The van der Waals surface area contributed by atoms with E-state index in [1.807, 2.05) is 32.7 Å². The van der Waals surface area contributed by atoms with Gasteiger partial charge in [-0.1, -0.05) is 57.2 Å². The molecule has 4 N–H and O–H groups in total. The van der Waals surface area contributed by atoms with Gasteiger partial charge in [0.05, 0.1) is 31.6 Å². The van der Waals surface area contributed by atoms with Gasteiger partial charge in [-0.05, 0) is 81.3 Å². The van der Waals surface area contributed by atoms with Crippen molar-refractivity contribution in [1.82, 2.24) is 21.0 Å². The Morgan fingerprint density at radius 1 is 1.02 bits per heavy atom. The Morgan fingerprint density at radius 2 is 1.55 bits per heavy atom. The van der Waals surface area contributed by atoms with Gasteiger partial charge < -0.3 is 10.1 Å². The summed E-state index contributed by atoms with van der Waals surface area (Å²) in [7, 11) is 4.86. The number of hydrogen-bond donors (Lipinski definition) is 4. The second kappa shape index (κ2) is 21.3. The van der Waals surface area contributed by atoms with E-state index in [-0.39, 0.29) is 20.4 Å². The third-order valence-electron chi connectivity index (χ3n) is 8.28. The molecule has 0 amide bonds. The molecule has 0 aromatic heterocycles. The van der Waals surface area contributed by atoms with E-state index >= 15 is 0 Å². The van der Waals surface area contributed by atoms with Crippen molar-refractivity contribution in [2.24, 2.45) is 5.92 Å². The van der Waals surface area contributed by atoms with Crippen molar-refractivity contribution in [2.75, 3.05) is 27.8 Å². The molecule has 5 rings (SSSR count). The highest BCUT2D eigenvalue weighted by molar-refractivity contribution is 5.32. The van der Waals surface area contributed by atoms with Crippen LogP contribution in [0.3, 0.4) is 0 Å². The van der Waals surface area contributed by atoms with Crippen LogP contribution in [-0.2, 0) is 28.9 Å². The molecule has 2 atom stereocenters. The van der Waals surface area contributed by atoms with E-state index in [0.29, 0.717) is 12.6 Å². The van der Waals surface area contributed by atoms with Gasteiger partial charge in [-0.25, -0.2) is 19.6 Å². The normalized spacial score (nSPS) is 19.3. The van der Waals surface area contributed by atoms with Gasteiger partial charge >= 0.3 is 6.18 Å². The molecule has 47 heavy (non-hydrogen) atoms. The lowest BCUT2D eigenvalue weighted by atomic mass is 9.86. The van der Waals surface area contributed by atoms with Crippen LogP contribution in [0.5, 0.6) is 0 Å². The predicted octanol–water partition coefficient (Wildman–Crippen LogP) is 8.50. The number of rotatable bonds is 8. The molecule has 11 heteroatoms. The molecule has 0 bridgehead atoms. The Balaban J connectivity index is 0. The smallest absolute Gasteiger partial charge is 0.367 e. The van der Waals surface area contributed by atoms with Crippen LogP contribution in [0.2, 0.25) is 0 Å². The Morgan fingerprint density at radius 3 is 1.91 bits per heavy atom. The summed E-state index contributed by atoms with van der Waals surface area (Å²) in [4.78, 5) is 10.1. The minimum Gasteiger partial charge on any atom is -0.367 e. The Hall–Kier alpha value is -2.76. The van der Waals surface area contributed by atoms with Crippen LogP contribution < -0.4 is 16.1 Å². The minimum atomic E-state index is -4.29. The average molecular weight is 673 g/mol. The first kappa shape index (κ1) is 42.3. The summed E-state index contributed by atoms with van der Waals surface area (Å²) in [5.41, 5.74) is 9.30. The summed E-state index contributed by atoms with van der Waals surface area (Å²) < 4.78 is 50.0. The van der Waals surface area contributed by atoms with Crippen LogP contribution in [0, 0.1) is 11.7 Å². The Bertz CT molecular complexity index is 1220. The van der Waals surface area contributed by atoms with E-state index in [9.17, 15) is 17.6 Å². The first-order chi connectivity index (χ1) is 22.2. The zero-order chi connectivity index (χ0) is 35.6. The SMILES string of the molecule is CC.CC1NC(C2=C=C(N(C)Cc3ccc(C(F)(F)F)cc3)C2)NC1(C)C.CCc1ccc(F)cc1.COOC.ONCC1CCC1.[HH].[HH]. The number of benzene rings is 2. The van der Waals surface area contributed by atoms with E-state index in [2.05, 4.69) is 52.4 Å². The van der Waals surface area contributed by atoms with Crippen molar-refractivity contribution < 1.29 is 35.4 Å². The maximum absolute atomic E-state index is 12.6. The summed E-state index contributed by atoms with van der Waals surface area (Å²) in [5, 5.41) is 15.2. The molecule has 0 radical (unpaired) electrons. The Kier molecular flexibility index (Phi) is 19.1. The van der Waals surface area contributed by atoms with Gasteiger partial charge in [-0.15, -0.1) is 0 Å². The third kappa shape index (κ3) is 14.9.